The fourth-order valence-corrected chi connectivity index (χ4v) is 4.18. The Kier molecular flexibility index (Phi) is 6.42. The van der Waals surface area contributed by atoms with Crippen LogP contribution in [0.1, 0.15) is 17.3 Å². The van der Waals surface area contributed by atoms with E-state index in [9.17, 15) is 14.0 Å². The first kappa shape index (κ1) is 21.5. The normalized spacial score (nSPS) is 10.7. The lowest BCUT2D eigenvalue weighted by Gasteiger charge is -2.19. The van der Waals surface area contributed by atoms with Crippen molar-refractivity contribution in [2.24, 2.45) is 0 Å². The van der Waals surface area contributed by atoms with Crippen LogP contribution in [0.15, 0.2) is 72.8 Å². The number of amides is 2. The van der Waals surface area contributed by atoms with Crippen LogP contribution < -0.4 is 15.0 Å². The molecule has 3 aromatic carbocycles. The van der Waals surface area contributed by atoms with Gasteiger partial charge in [-0.1, -0.05) is 47.7 Å². The number of carbonyl (C=O) groups excluding carboxylic acids is 2. The number of hydrogen-bond donors (Lipinski definition) is 1. The summed E-state index contributed by atoms with van der Waals surface area (Å²) in [5, 5.41) is 3.05. The SMILES string of the molecule is CCN(C(=O)c1ccccc1OCC(=O)Nc1ccccc1F)c1nc2ccccc2s1. The van der Waals surface area contributed by atoms with Crippen LogP contribution in [0.4, 0.5) is 15.2 Å². The summed E-state index contributed by atoms with van der Waals surface area (Å²) in [6.45, 7) is 1.92. The Morgan fingerprint density at radius 2 is 1.75 bits per heavy atom. The van der Waals surface area contributed by atoms with Gasteiger partial charge in [0.1, 0.15) is 11.6 Å². The molecule has 0 bridgehead atoms. The molecule has 8 heteroatoms. The Morgan fingerprint density at radius 1 is 1.03 bits per heavy atom. The van der Waals surface area contributed by atoms with E-state index in [1.165, 1.54) is 29.5 Å². The van der Waals surface area contributed by atoms with Gasteiger partial charge in [-0.05, 0) is 43.3 Å². The van der Waals surface area contributed by atoms with E-state index < -0.39 is 11.7 Å². The van der Waals surface area contributed by atoms with E-state index in [4.69, 9.17) is 4.74 Å². The van der Waals surface area contributed by atoms with E-state index in [0.29, 0.717) is 17.2 Å². The van der Waals surface area contributed by atoms with Crippen molar-refractivity contribution in [3.8, 4) is 5.75 Å². The topological polar surface area (TPSA) is 71.5 Å². The number of nitrogens with zero attached hydrogens (tertiary/aromatic N) is 2. The predicted octanol–water partition coefficient (Wildman–Crippen LogP) is 5.12. The van der Waals surface area contributed by atoms with Gasteiger partial charge in [-0.2, -0.15) is 0 Å². The molecule has 4 aromatic rings. The van der Waals surface area contributed by atoms with Crippen LogP contribution in [0, 0.1) is 5.82 Å². The van der Waals surface area contributed by atoms with Crippen LogP contribution in [0.2, 0.25) is 0 Å². The molecule has 0 spiro atoms. The first-order chi connectivity index (χ1) is 15.6. The highest BCUT2D eigenvalue weighted by Gasteiger charge is 2.23. The second-order valence-electron chi connectivity index (χ2n) is 6.83. The Morgan fingerprint density at radius 3 is 2.53 bits per heavy atom. The molecule has 6 nitrogen and oxygen atoms in total. The standard InChI is InChI=1S/C24H20FN3O3S/c1-2-28(24-27-19-12-6-8-14-21(19)32-24)23(30)16-9-3-7-13-20(16)31-15-22(29)26-18-11-5-4-10-17(18)25/h3-14H,2,15H2,1H3,(H,26,29). The second kappa shape index (κ2) is 9.57. The predicted molar refractivity (Wildman–Crippen MR) is 124 cm³/mol. The summed E-state index contributed by atoms with van der Waals surface area (Å²) in [6.07, 6.45) is 0. The zero-order valence-corrected chi connectivity index (χ0v) is 18.1. The number of hydrogen-bond acceptors (Lipinski definition) is 5. The number of nitrogens with one attached hydrogen (secondary N) is 1. The summed E-state index contributed by atoms with van der Waals surface area (Å²) >= 11 is 1.43. The minimum absolute atomic E-state index is 0.0680. The van der Waals surface area contributed by atoms with Gasteiger partial charge in [0.15, 0.2) is 11.7 Å². The van der Waals surface area contributed by atoms with Crippen LogP contribution in [0.5, 0.6) is 5.75 Å². The largest absolute Gasteiger partial charge is 0.483 e. The van der Waals surface area contributed by atoms with Crippen molar-refractivity contribution in [3.63, 3.8) is 0 Å². The van der Waals surface area contributed by atoms with Crippen molar-refractivity contribution in [1.29, 1.82) is 0 Å². The molecule has 0 saturated carbocycles. The molecule has 162 valence electrons. The van der Waals surface area contributed by atoms with Crippen LogP contribution in [0.3, 0.4) is 0 Å². The molecular weight excluding hydrogens is 429 g/mol. The summed E-state index contributed by atoms with van der Waals surface area (Å²) < 4.78 is 20.4. The van der Waals surface area contributed by atoms with Crippen molar-refractivity contribution in [2.75, 3.05) is 23.4 Å². The van der Waals surface area contributed by atoms with Gasteiger partial charge in [-0.15, -0.1) is 0 Å². The number of fused-ring (bicyclic) bond motifs is 1. The monoisotopic (exact) mass is 449 g/mol. The number of aromatic nitrogens is 1. The number of ether oxygens (including phenoxy) is 1. The maximum Gasteiger partial charge on any atom is 0.263 e. The van der Waals surface area contributed by atoms with Gasteiger partial charge in [0.2, 0.25) is 0 Å². The molecule has 0 fully saturated rings. The number of benzene rings is 3. The molecule has 0 atom stereocenters. The van der Waals surface area contributed by atoms with E-state index in [1.54, 1.807) is 35.2 Å². The van der Waals surface area contributed by atoms with Gasteiger partial charge in [0, 0.05) is 6.54 Å². The summed E-state index contributed by atoms with van der Waals surface area (Å²) in [7, 11) is 0. The summed E-state index contributed by atoms with van der Waals surface area (Å²) in [4.78, 5) is 31.7. The third-order valence-corrected chi connectivity index (χ3v) is 5.76. The molecule has 32 heavy (non-hydrogen) atoms. The summed E-state index contributed by atoms with van der Waals surface area (Å²) in [6, 6.07) is 20.3. The van der Waals surface area contributed by atoms with Gasteiger partial charge in [-0.25, -0.2) is 9.37 Å². The average molecular weight is 450 g/mol. The summed E-state index contributed by atoms with van der Waals surface area (Å²) in [5.41, 5.74) is 1.21. The smallest absolute Gasteiger partial charge is 0.263 e. The summed E-state index contributed by atoms with van der Waals surface area (Å²) in [5.74, 6) is -1.08. The number of rotatable bonds is 7. The van der Waals surface area contributed by atoms with Crippen LogP contribution in [-0.2, 0) is 4.79 Å². The quantitative estimate of drug-likeness (QED) is 0.425. The fraction of sp³-hybridized carbons (Fsp3) is 0.125. The molecule has 0 aliphatic heterocycles. The highest BCUT2D eigenvalue weighted by atomic mass is 32.1. The van der Waals surface area contributed by atoms with Crippen LogP contribution in [0.25, 0.3) is 10.2 Å². The van der Waals surface area contributed by atoms with Gasteiger partial charge in [0.05, 0.1) is 21.5 Å². The Bertz CT molecular complexity index is 1240. The van der Waals surface area contributed by atoms with Crippen LogP contribution in [-0.4, -0.2) is 29.9 Å². The van der Waals surface area contributed by atoms with Crippen molar-refractivity contribution in [1.82, 2.24) is 4.98 Å². The average Bonchev–Trinajstić information content (AvgIpc) is 3.23. The van der Waals surface area contributed by atoms with E-state index >= 15 is 0 Å². The molecule has 4 rings (SSSR count). The van der Waals surface area contributed by atoms with Gasteiger partial charge < -0.3 is 10.1 Å². The first-order valence-electron chi connectivity index (χ1n) is 10.0. The molecule has 0 aliphatic carbocycles. The Hall–Kier alpha value is -3.78. The van der Waals surface area contributed by atoms with Crippen molar-refractivity contribution in [2.45, 2.75) is 6.92 Å². The van der Waals surface area contributed by atoms with Crippen molar-refractivity contribution in [3.05, 3.63) is 84.2 Å². The van der Waals surface area contributed by atoms with Crippen LogP contribution >= 0.6 is 11.3 Å². The van der Waals surface area contributed by atoms with E-state index in [2.05, 4.69) is 10.3 Å². The highest BCUT2D eigenvalue weighted by molar-refractivity contribution is 7.22. The van der Waals surface area contributed by atoms with E-state index in [0.717, 1.165) is 10.2 Å². The minimum Gasteiger partial charge on any atom is -0.483 e. The lowest BCUT2D eigenvalue weighted by Crippen LogP contribution is -2.31. The molecule has 1 heterocycles. The van der Waals surface area contributed by atoms with Gasteiger partial charge in [0.25, 0.3) is 11.8 Å². The third-order valence-electron chi connectivity index (χ3n) is 4.70. The molecule has 0 saturated heterocycles. The fourth-order valence-electron chi connectivity index (χ4n) is 3.15. The van der Waals surface area contributed by atoms with Gasteiger partial charge >= 0.3 is 0 Å². The third kappa shape index (κ3) is 4.60. The number of halogens is 1. The number of carbonyl (C=O) groups is 2. The zero-order chi connectivity index (χ0) is 22.5. The molecule has 0 aliphatic rings. The molecular formula is C24H20FN3O3S. The Labute approximate surface area is 188 Å². The van der Waals surface area contributed by atoms with E-state index in [-0.39, 0.29) is 24.0 Å². The van der Waals surface area contributed by atoms with Crippen molar-refractivity contribution < 1.29 is 18.7 Å². The number of para-hydroxylation sites is 3. The highest BCUT2D eigenvalue weighted by Crippen LogP contribution is 2.30. The molecule has 1 N–H and O–H groups in total. The van der Waals surface area contributed by atoms with E-state index in [1.807, 2.05) is 31.2 Å². The first-order valence-corrected chi connectivity index (χ1v) is 10.8. The number of thiazole rings is 1. The molecule has 0 radical (unpaired) electrons. The molecule has 2 amide bonds. The lowest BCUT2D eigenvalue weighted by atomic mass is 10.1. The Balaban J connectivity index is 1.51. The van der Waals surface area contributed by atoms with Gasteiger partial charge in [-0.3, -0.25) is 14.5 Å². The second-order valence-corrected chi connectivity index (χ2v) is 7.84. The lowest BCUT2D eigenvalue weighted by molar-refractivity contribution is -0.118. The zero-order valence-electron chi connectivity index (χ0n) is 17.2. The maximum atomic E-state index is 13.7. The molecule has 1 aromatic heterocycles. The minimum atomic E-state index is -0.536. The van der Waals surface area contributed by atoms with Crippen molar-refractivity contribution >= 4 is 44.2 Å². The molecule has 0 unspecified atom stereocenters. The maximum absolute atomic E-state index is 13.7. The number of anilines is 2.